The summed E-state index contributed by atoms with van der Waals surface area (Å²) in [4.78, 5) is 0. The molecule has 0 aromatic heterocycles. The Morgan fingerprint density at radius 2 is 1.67 bits per heavy atom. The van der Waals surface area contributed by atoms with Gasteiger partial charge in [-0.05, 0) is 55.4 Å². The van der Waals surface area contributed by atoms with Crippen molar-refractivity contribution in [3.8, 4) is 0 Å². The van der Waals surface area contributed by atoms with Crippen LogP contribution in [-0.2, 0) is 0 Å². The van der Waals surface area contributed by atoms with Crippen molar-refractivity contribution in [1.29, 1.82) is 0 Å². The van der Waals surface area contributed by atoms with Gasteiger partial charge in [0, 0.05) is 10.5 Å². The van der Waals surface area contributed by atoms with Gasteiger partial charge in [0.2, 0.25) is 0 Å². The molecule has 1 aliphatic carbocycles. The average Bonchev–Trinajstić information content (AvgIpc) is 2.53. The number of hydrogen-bond acceptors (Lipinski definition) is 1. The summed E-state index contributed by atoms with van der Waals surface area (Å²) < 4.78 is 1.06. The second-order valence-electron chi connectivity index (χ2n) is 5.73. The summed E-state index contributed by atoms with van der Waals surface area (Å²) >= 11 is 9.76. The molecule has 0 unspecified atom stereocenters. The molecule has 1 fully saturated rings. The van der Waals surface area contributed by atoms with Crippen LogP contribution in [-0.4, -0.2) is 6.04 Å². The van der Waals surface area contributed by atoms with Crippen LogP contribution in [0, 0.1) is 0 Å². The fourth-order valence-electron chi connectivity index (χ4n) is 3.12. The van der Waals surface area contributed by atoms with Crippen LogP contribution in [0.25, 0.3) is 0 Å². The number of nitrogens with one attached hydrogen (secondary N) is 1. The van der Waals surface area contributed by atoms with Gasteiger partial charge in [-0.15, -0.1) is 0 Å². The number of rotatable bonds is 3. The first-order chi connectivity index (χ1) is 10.2. The van der Waals surface area contributed by atoms with E-state index >= 15 is 0 Å². The quantitative estimate of drug-likeness (QED) is 0.679. The van der Waals surface area contributed by atoms with Crippen molar-refractivity contribution in [2.24, 2.45) is 0 Å². The van der Waals surface area contributed by atoms with Crippen LogP contribution in [0.1, 0.15) is 37.2 Å². The van der Waals surface area contributed by atoms with Crippen molar-refractivity contribution in [2.75, 3.05) is 5.32 Å². The Morgan fingerprint density at radius 1 is 0.952 bits per heavy atom. The first-order valence-electron chi connectivity index (χ1n) is 7.49. The largest absolute Gasteiger partial charge is 0.381 e. The summed E-state index contributed by atoms with van der Waals surface area (Å²) in [7, 11) is 0. The first-order valence-corrected chi connectivity index (χ1v) is 8.66. The van der Waals surface area contributed by atoms with E-state index in [1.807, 2.05) is 12.1 Å². The normalized spacial score (nSPS) is 22.0. The van der Waals surface area contributed by atoms with E-state index in [1.54, 1.807) is 0 Å². The maximum atomic E-state index is 6.26. The first kappa shape index (κ1) is 14.9. The molecule has 1 saturated carbocycles. The predicted molar refractivity (Wildman–Crippen MR) is 94.2 cm³/mol. The van der Waals surface area contributed by atoms with Gasteiger partial charge >= 0.3 is 0 Å². The zero-order chi connectivity index (χ0) is 14.7. The van der Waals surface area contributed by atoms with Gasteiger partial charge < -0.3 is 5.32 Å². The van der Waals surface area contributed by atoms with E-state index in [0.717, 1.165) is 15.2 Å². The highest BCUT2D eigenvalue weighted by atomic mass is 79.9. The lowest BCUT2D eigenvalue weighted by atomic mass is 9.82. The van der Waals surface area contributed by atoms with E-state index in [9.17, 15) is 0 Å². The smallest absolute Gasteiger partial charge is 0.0638 e. The van der Waals surface area contributed by atoms with Gasteiger partial charge in [-0.25, -0.2) is 0 Å². The molecule has 0 saturated heterocycles. The summed E-state index contributed by atoms with van der Waals surface area (Å²) in [6.07, 6.45) is 4.88. The summed E-state index contributed by atoms with van der Waals surface area (Å²) in [5.74, 6) is 0.710. The molecule has 2 aromatic rings. The minimum Gasteiger partial charge on any atom is -0.381 e. The minimum absolute atomic E-state index is 0.525. The summed E-state index contributed by atoms with van der Waals surface area (Å²) in [5, 5.41) is 4.39. The lowest BCUT2D eigenvalue weighted by Crippen LogP contribution is -2.25. The Labute approximate surface area is 139 Å². The zero-order valence-electron chi connectivity index (χ0n) is 11.9. The standard InChI is InChI=1S/C18H19BrClN/c19-15-8-11-17(20)18(12-15)21-16-9-6-14(7-10-16)13-4-2-1-3-5-13/h1-5,8,11-12,14,16,21H,6-7,9-10H2. The van der Waals surface area contributed by atoms with Crippen molar-refractivity contribution in [1.82, 2.24) is 0 Å². The SMILES string of the molecule is Clc1ccc(Br)cc1NC1CCC(c2ccccc2)CC1. The molecule has 1 nitrogen and oxygen atoms in total. The Hall–Kier alpha value is -0.990. The Balaban J connectivity index is 1.60. The lowest BCUT2D eigenvalue weighted by molar-refractivity contribution is 0.412. The lowest BCUT2D eigenvalue weighted by Gasteiger charge is -2.30. The number of benzene rings is 2. The van der Waals surface area contributed by atoms with Gasteiger partial charge in [-0.2, -0.15) is 0 Å². The monoisotopic (exact) mass is 363 g/mol. The van der Waals surface area contributed by atoms with Crippen molar-refractivity contribution in [2.45, 2.75) is 37.6 Å². The Morgan fingerprint density at radius 3 is 2.38 bits per heavy atom. The molecule has 3 rings (SSSR count). The third kappa shape index (κ3) is 3.81. The van der Waals surface area contributed by atoms with Gasteiger partial charge in [-0.1, -0.05) is 57.9 Å². The predicted octanol–water partition coefficient (Wildman–Crippen LogP) is 6.24. The molecule has 0 amide bonds. The van der Waals surface area contributed by atoms with Gasteiger partial charge in [-0.3, -0.25) is 0 Å². The van der Waals surface area contributed by atoms with Crippen molar-refractivity contribution in [3.05, 3.63) is 63.6 Å². The highest BCUT2D eigenvalue weighted by Crippen LogP contribution is 2.35. The van der Waals surface area contributed by atoms with Crippen LogP contribution in [0.5, 0.6) is 0 Å². The summed E-state index contributed by atoms with van der Waals surface area (Å²) in [6.45, 7) is 0. The molecular weight excluding hydrogens is 346 g/mol. The highest BCUT2D eigenvalue weighted by Gasteiger charge is 2.22. The topological polar surface area (TPSA) is 12.0 Å². The van der Waals surface area contributed by atoms with Crippen LogP contribution < -0.4 is 5.32 Å². The molecule has 2 aromatic carbocycles. The van der Waals surface area contributed by atoms with E-state index in [1.165, 1.54) is 31.2 Å². The second kappa shape index (κ2) is 6.85. The van der Waals surface area contributed by atoms with Gasteiger partial charge in [0.1, 0.15) is 0 Å². The molecule has 0 spiro atoms. The third-order valence-corrected chi connectivity index (χ3v) is 5.11. The maximum absolute atomic E-state index is 6.26. The van der Waals surface area contributed by atoms with Crippen LogP contribution in [0.3, 0.4) is 0 Å². The summed E-state index contributed by atoms with van der Waals surface area (Å²) in [6, 6.07) is 17.4. The fourth-order valence-corrected chi connectivity index (χ4v) is 3.66. The zero-order valence-corrected chi connectivity index (χ0v) is 14.2. The Kier molecular flexibility index (Phi) is 4.87. The minimum atomic E-state index is 0.525. The van der Waals surface area contributed by atoms with Crippen molar-refractivity contribution < 1.29 is 0 Å². The second-order valence-corrected chi connectivity index (χ2v) is 7.05. The molecule has 3 heteroatoms. The number of halogens is 2. The molecular formula is C18H19BrClN. The van der Waals surface area contributed by atoms with Crippen LogP contribution in [0.15, 0.2) is 53.0 Å². The fraction of sp³-hybridized carbons (Fsp3) is 0.333. The van der Waals surface area contributed by atoms with Gasteiger partial charge in [0.25, 0.3) is 0 Å². The van der Waals surface area contributed by atoms with Crippen LogP contribution in [0.2, 0.25) is 5.02 Å². The Bertz CT molecular complexity index is 591. The van der Waals surface area contributed by atoms with Crippen molar-refractivity contribution in [3.63, 3.8) is 0 Å². The van der Waals surface area contributed by atoms with Crippen LogP contribution in [0.4, 0.5) is 5.69 Å². The van der Waals surface area contributed by atoms with E-state index in [4.69, 9.17) is 11.6 Å². The van der Waals surface area contributed by atoms with Crippen LogP contribution >= 0.6 is 27.5 Å². The van der Waals surface area contributed by atoms with Crippen molar-refractivity contribution >= 4 is 33.2 Å². The summed E-state index contributed by atoms with van der Waals surface area (Å²) in [5.41, 5.74) is 2.52. The molecule has 0 radical (unpaired) electrons. The van der Waals surface area contributed by atoms with E-state index in [2.05, 4.69) is 57.6 Å². The molecule has 1 aliphatic rings. The molecule has 21 heavy (non-hydrogen) atoms. The van der Waals surface area contributed by atoms with E-state index in [0.29, 0.717) is 12.0 Å². The molecule has 0 heterocycles. The maximum Gasteiger partial charge on any atom is 0.0638 e. The molecule has 110 valence electrons. The molecule has 0 bridgehead atoms. The molecule has 0 aliphatic heterocycles. The molecule has 1 N–H and O–H groups in total. The van der Waals surface area contributed by atoms with Gasteiger partial charge in [0.05, 0.1) is 10.7 Å². The average molecular weight is 365 g/mol. The highest BCUT2D eigenvalue weighted by molar-refractivity contribution is 9.10. The number of hydrogen-bond donors (Lipinski definition) is 1. The van der Waals surface area contributed by atoms with Gasteiger partial charge in [0.15, 0.2) is 0 Å². The third-order valence-electron chi connectivity index (χ3n) is 4.29. The van der Waals surface area contributed by atoms with E-state index < -0.39 is 0 Å². The molecule has 0 atom stereocenters. The van der Waals surface area contributed by atoms with E-state index in [-0.39, 0.29) is 0 Å². The number of anilines is 1.